The molecule has 0 saturated carbocycles. The average molecular weight is 226 g/mol. The largest absolute Gasteiger partial charge is 0.344 e. The van der Waals surface area contributed by atoms with E-state index in [-0.39, 0.29) is 0 Å². The van der Waals surface area contributed by atoms with Crippen LogP contribution in [0.1, 0.15) is 18.9 Å². The number of nitrogens with one attached hydrogen (secondary N) is 1. The van der Waals surface area contributed by atoms with E-state index in [1.807, 2.05) is 0 Å². The molecule has 0 spiro atoms. The number of rotatable bonds is 2. The third-order valence-electron chi connectivity index (χ3n) is 3.55. The average Bonchev–Trinajstić information content (AvgIpc) is 2.90. The Hall–Kier alpha value is -1.54. The van der Waals surface area contributed by atoms with Gasteiger partial charge in [0.15, 0.2) is 0 Å². The van der Waals surface area contributed by atoms with E-state index in [1.165, 1.54) is 24.1 Å². The molecule has 88 valence electrons. The Morgan fingerprint density at radius 2 is 1.71 bits per heavy atom. The summed E-state index contributed by atoms with van der Waals surface area (Å²) in [5.74, 6) is 0. The van der Waals surface area contributed by atoms with Crippen LogP contribution in [-0.4, -0.2) is 17.7 Å². The van der Waals surface area contributed by atoms with E-state index in [1.54, 1.807) is 0 Å². The lowest BCUT2D eigenvalue weighted by Gasteiger charge is -2.26. The van der Waals surface area contributed by atoms with Crippen molar-refractivity contribution in [1.29, 1.82) is 0 Å². The zero-order chi connectivity index (χ0) is 11.5. The van der Waals surface area contributed by atoms with Crippen LogP contribution in [0.3, 0.4) is 0 Å². The number of aromatic nitrogens is 1. The molecule has 0 atom stereocenters. The van der Waals surface area contributed by atoms with Crippen LogP contribution in [0, 0.1) is 0 Å². The van der Waals surface area contributed by atoms with Gasteiger partial charge in [0, 0.05) is 17.9 Å². The van der Waals surface area contributed by atoms with Gasteiger partial charge in [0.2, 0.25) is 0 Å². The van der Waals surface area contributed by atoms with Crippen LogP contribution in [-0.2, 0) is 0 Å². The lowest BCUT2D eigenvalue weighted by atomic mass is 10.1. The molecule has 2 heteroatoms. The van der Waals surface area contributed by atoms with Crippen molar-refractivity contribution in [3.8, 4) is 11.3 Å². The molecule has 0 amide bonds. The van der Waals surface area contributed by atoms with Crippen LogP contribution < -0.4 is 5.32 Å². The van der Waals surface area contributed by atoms with Crippen molar-refractivity contribution in [1.82, 2.24) is 9.88 Å². The fraction of sp³-hybridized carbons (Fsp3) is 0.333. The van der Waals surface area contributed by atoms with Crippen LogP contribution in [0.2, 0.25) is 0 Å². The molecule has 1 aromatic heterocycles. The summed E-state index contributed by atoms with van der Waals surface area (Å²) >= 11 is 0. The summed E-state index contributed by atoms with van der Waals surface area (Å²) in [5, 5.41) is 3.42. The molecule has 0 aliphatic carbocycles. The fourth-order valence-corrected chi connectivity index (χ4v) is 2.65. The Labute approximate surface area is 102 Å². The minimum atomic E-state index is 0.654. The predicted octanol–water partition coefficient (Wildman–Crippen LogP) is 3.08. The number of piperidine rings is 1. The smallest absolute Gasteiger partial charge is 0.0482 e. The molecule has 3 rings (SSSR count). The van der Waals surface area contributed by atoms with Gasteiger partial charge < -0.3 is 9.88 Å². The second-order valence-electron chi connectivity index (χ2n) is 4.65. The van der Waals surface area contributed by atoms with Gasteiger partial charge in [0.25, 0.3) is 0 Å². The number of nitrogens with zero attached hydrogens (tertiary/aromatic N) is 1. The molecule has 1 aliphatic heterocycles. The minimum Gasteiger partial charge on any atom is -0.344 e. The van der Waals surface area contributed by atoms with E-state index in [0.29, 0.717) is 6.04 Å². The zero-order valence-corrected chi connectivity index (χ0v) is 9.97. The van der Waals surface area contributed by atoms with Gasteiger partial charge in [0.05, 0.1) is 0 Å². The highest BCUT2D eigenvalue weighted by molar-refractivity contribution is 5.60. The SMILES string of the molecule is c1ccc(-c2cccn2C2CCNCC2)cc1. The molecule has 1 N–H and O–H groups in total. The van der Waals surface area contributed by atoms with Crippen LogP contribution in [0.25, 0.3) is 11.3 Å². The summed E-state index contributed by atoms with van der Waals surface area (Å²) in [6.45, 7) is 2.27. The summed E-state index contributed by atoms with van der Waals surface area (Å²) in [7, 11) is 0. The van der Waals surface area contributed by atoms with Gasteiger partial charge in [-0.25, -0.2) is 0 Å². The van der Waals surface area contributed by atoms with Gasteiger partial charge in [0.1, 0.15) is 0 Å². The molecule has 2 nitrogen and oxygen atoms in total. The van der Waals surface area contributed by atoms with E-state index in [9.17, 15) is 0 Å². The normalized spacial score (nSPS) is 17.2. The molecule has 1 fully saturated rings. The molecular weight excluding hydrogens is 208 g/mol. The molecule has 0 bridgehead atoms. The lowest BCUT2D eigenvalue weighted by molar-refractivity contribution is 0.371. The van der Waals surface area contributed by atoms with E-state index in [0.717, 1.165) is 13.1 Å². The zero-order valence-electron chi connectivity index (χ0n) is 9.97. The third kappa shape index (κ3) is 2.13. The maximum Gasteiger partial charge on any atom is 0.0482 e. The molecule has 2 aromatic rings. The first-order chi connectivity index (χ1) is 8.45. The van der Waals surface area contributed by atoms with Crippen LogP contribution in [0.15, 0.2) is 48.7 Å². The van der Waals surface area contributed by atoms with E-state index in [4.69, 9.17) is 0 Å². The van der Waals surface area contributed by atoms with Gasteiger partial charge in [-0.1, -0.05) is 30.3 Å². The molecule has 1 aliphatic rings. The Balaban J connectivity index is 1.93. The molecular formula is C15H18N2. The van der Waals surface area contributed by atoms with Crippen molar-refractivity contribution in [3.05, 3.63) is 48.7 Å². The van der Waals surface area contributed by atoms with Crippen molar-refractivity contribution in [3.63, 3.8) is 0 Å². The van der Waals surface area contributed by atoms with Crippen LogP contribution in [0.4, 0.5) is 0 Å². The Kier molecular flexibility index (Phi) is 2.97. The van der Waals surface area contributed by atoms with Gasteiger partial charge >= 0.3 is 0 Å². The van der Waals surface area contributed by atoms with E-state index in [2.05, 4.69) is 58.5 Å². The standard InChI is InChI=1S/C15H18N2/c1-2-5-13(6-3-1)15-7-4-12-17(15)14-8-10-16-11-9-14/h1-7,12,14,16H,8-11H2. The molecule has 2 heterocycles. The lowest BCUT2D eigenvalue weighted by Crippen LogP contribution is -2.29. The van der Waals surface area contributed by atoms with E-state index >= 15 is 0 Å². The van der Waals surface area contributed by atoms with Gasteiger partial charge in [-0.15, -0.1) is 0 Å². The maximum atomic E-state index is 3.42. The molecule has 1 aromatic carbocycles. The van der Waals surface area contributed by atoms with Crippen molar-refractivity contribution < 1.29 is 0 Å². The summed E-state index contributed by atoms with van der Waals surface area (Å²) in [6.07, 6.45) is 4.68. The molecule has 17 heavy (non-hydrogen) atoms. The monoisotopic (exact) mass is 226 g/mol. The van der Waals surface area contributed by atoms with Crippen molar-refractivity contribution in [2.24, 2.45) is 0 Å². The number of hydrogen-bond acceptors (Lipinski definition) is 1. The first kappa shape index (κ1) is 10.6. The summed E-state index contributed by atoms with van der Waals surface area (Å²) in [5.41, 5.74) is 2.66. The second-order valence-corrected chi connectivity index (χ2v) is 4.65. The maximum absolute atomic E-state index is 3.42. The molecule has 1 saturated heterocycles. The predicted molar refractivity (Wildman–Crippen MR) is 71.0 cm³/mol. The number of hydrogen-bond donors (Lipinski definition) is 1. The Bertz CT molecular complexity index is 467. The van der Waals surface area contributed by atoms with E-state index < -0.39 is 0 Å². The highest BCUT2D eigenvalue weighted by atomic mass is 15.0. The number of benzene rings is 1. The topological polar surface area (TPSA) is 17.0 Å². The fourth-order valence-electron chi connectivity index (χ4n) is 2.65. The Morgan fingerprint density at radius 3 is 2.47 bits per heavy atom. The summed E-state index contributed by atoms with van der Waals surface area (Å²) in [4.78, 5) is 0. The first-order valence-electron chi connectivity index (χ1n) is 6.38. The van der Waals surface area contributed by atoms with Crippen LogP contribution in [0.5, 0.6) is 0 Å². The quantitative estimate of drug-likeness (QED) is 0.832. The first-order valence-corrected chi connectivity index (χ1v) is 6.38. The van der Waals surface area contributed by atoms with Crippen molar-refractivity contribution in [2.75, 3.05) is 13.1 Å². The highest BCUT2D eigenvalue weighted by Gasteiger charge is 2.16. The second kappa shape index (κ2) is 4.76. The van der Waals surface area contributed by atoms with Crippen LogP contribution >= 0.6 is 0 Å². The van der Waals surface area contributed by atoms with Gasteiger partial charge in [-0.2, -0.15) is 0 Å². The third-order valence-corrected chi connectivity index (χ3v) is 3.55. The minimum absolute atomic E-state index is 0.654. The van der Waals surface area contributed by atoms with Crippen molar-refractivity contribution >= 4 is 0 Å². The molecule has 0 radical (unpaired) electrons. The summed E-state index contributed by atoms with van der Waals surface area (Å²) in [6, 6.07) is 15.7. The van der Waals surface area contributed by atoms with Gasteiger partial charge in [-0.05, 0) is 43.6 Å². The van der Waals surface area contributed by atoms with Crippen molar-refractivity contribution in [2.45, 2.75) is 18.9 Å². The van der Waals surface area contributed by atoms with Gasteiger partial charge in [-0.3, -0.25) is 0 Å². The summed E-state index contributed by atoms with van der Waals surface area (Å²) < 4.78 is 2.44. The highest BCUT2D eigenvalue weighted by Crippen LogP contribution is 2.27. The molecule has 0 unspecified atom stereocenters. The Morgan fingerprint density at radius 1 is 0.941 bits per heavy atom.